The molecule has 6 nitrogen and oxygen atoms in total. The third-order valence-electron chi connectivity index (χ3n) is 11.1. The van der Waals surface area contributed by atoms with Crippen LogP contribution >= 0.6 is 0 Å². The molecule has 0 aliphatic carbocycles. The van der Waals surface area contributed by atoms with Gasteiger partial charge in [0.15, 0.2) is 0 Å². The lowest BCUT2D eigenvalue weighted by atomic mass is 10.0. The zero-order valence-electron chi connectivity index (χ0n) is 36.4. The van der Waals surface area contributed by atoms with Crippen LogP contribution in [-0.2, 0) is 14.3 Å². The van der Waals surface area contributed by atoms with Crippen molar-refractivity contribution < 1.29 is 24.5 Å². The van der Waals surface area contributed by atoms with E-state index in [1.165, 1.54) is 154 Å². The van der Waals surface area contributed by atoms with E-state index in [9.17, 15) is 19.8 Å². The molecule has 0 aliphatic rings. The van der Waals surface area contributed by atoms with Crippen LogP contribution in [0.2, 0.25) is 0 Å². The number of esters is 1. The van der Waals surface area contributed by atoms with Crippen molar-refractivity contribution in [3.63, 3.8) is 0 Å². The maximum atomic E-state index is 13.1. The molecule has 3 unspecified atom stereocenters. The first kappa shape index (κ1) is 52.6. The molecule has 0 aromatic rings. The Balaban J connectivity index is 4.59. The molecule has 3 atom stereocenters. The van der Waals surface area contributed by atoms with Gasteiger partial charge in [0.1, 0.15) is 6.10 Å². The average molecular weight is 764 g/mol. The summed E-state index contributed by atoms with van der Waals surface area (Å²) >= 11 is 0. The van der Waals surface area contributed by atoms with Crippen molar-refractivity contribution >= 4 is 11.9 Å². The number of carbonyl (C=O) groups excluding carboxylic acids is 2. The first-order valence-corrected chi connectivity index (χ1v) is 23.9. The zero-order chi connectivity index (χ0) is 39.6. The summed E-state index contributed by atoms with van der Waals surface area (Å²) in [4.78, 5) is 26.0. The molecular weight excluding hydrogens is 671 g/mol. The fourth-order valence-electron chi connectivity index (χ4n) is 7.43. The summed E-state index contributed by atoms with van der Waals surface area (Å²) in [5.74, 6) is -0.478. The van der Waals surface area contributed by atoms with Crippen molar-refractivity contribution in [2.45, 2.75) is 277 Å². The molecule has 0 rings (SSSR count). The second kappa shape index (κ2) is 42.7. The average Bonchev–Trinajstić information content (AvgIpc) is 3.16. The quantitative estimate of drug-likeness (QED) is 0.0326. The van der Waals surface area contributed by atoms with Gasteiger partial charge in [-0.15, -0.1) is 0 Å². The molecule has 0 saturated heterocycles. The molecule has 0 aromatic heterocycles. The summed E-state index contributed by atoms with van der Waals surface area (Å²) in [5.41, 5.74) is 0. The van der Waals surface area contributed by atoms with Crippen LogP contribution in [0, 0.1) is 0 Å². The highest BCUT2D eigenvalue weighted by Gasteiger charge is 2.24. The van der Waals surface area contributed by atoms with Crippen LogP contribution in [0.25, 0.3) is 0 Å². The minimum atomic E-state index is -0.783. The number of aliphatic hydroxyl groups excluding tert-OH is 2. The van der Waals surface area contributed by atoms with Crippen molar-refractivity contribution in [1.82, 2.24) is 5.32 Å². The molecule has 0 fully saturated rings. The number of rotatable bonds is 43. The monoisotopic (exact) mass is 764 g/mol. The molecule has 54 heavy (non-hydrogen) atoms. The van der Waals surface area contributed by atoms with Crippen LogP contribution in [0.1, 0.15) is 258 Å². The Hall–Kier alpha value is -1.40. The van der Waals surface area contributed by atoms with Gasteiger partial charge in [0, 0.05) is 6.42 Å². The second-order valence-electron chi connectivity index (χ2n) is 16.5. The van der Waals surface area contributed by atoms with Crippen molar-refractivity contribution in [1.29, 1.82) is 0 Å². The normalized spacial score (nSPS) is 13.4. The Morgan fingerprint density at radius 1 is 0.519 bits per heavy atom. The topological polar surface area (TPSA) is 95.9 Å². The van der Waals surface area contributed by atoms with Crippen LogP contribution in [0.15, 0.2) is 12.2 Å². The second-order valence-corrected chi connectivity index (χ2v) is 16.5. The van der Waals surface area contributed by atoms with Crippen molar-refractivity contribution in [2.24, 2.45) is 0 Å². The van der Waals surface area contributed by atoms with Gasteiger partial charge in [0.05, 0.1) is 25.2 Å². The number of hydrogen-bond acceptors (Lipinski definition) is 5. The number of ether oxygens (including phenoxy) is 1. The van der Waals surface area contributed by atoms with E-state index in [1.54, 1.807) is 0 Å². The van der Waals surface area contributed by atoms with E-state index < -0.39 is 18.2 Å². The summed E-state index contributed by atoms with van der Waals surface area (Å²) in [6, 6.07) is -0.698. The highest BCUT2D eigenvalue weighted by Crippen LogP contribution is 2.17. The van der Waals surface area contributed by atoms with Crippen LogP contribution in [0.4, 0.5) is 0 Å². The fourth-order valence-corrected chi connectivity index (χ4v) is 7.43. The first-order chi connectivity index (χ1) is 26.5. The Kier molecular flexibility index (Phi) is 41.6. The van der Waals surface area contributed by atoms with Gasteiger partial charge < -0.3 is 20.3 Å². The molecule has 0 heterocycles. The predicted octanol–water partition coefficient (Wildman–Crippen LogP) is 13.8. The third kappa shape index (κ3) is 37.5. The molecule has 0 radical (unpaired) electrons. The van der Waals surface area contributed by atoms with E-state index in [2.05, 4.69) is 38.2 Å². The summed E-state index contributed by atoms with van der Waals surface area (Å²) in [7, 11) is 0. The molecule has 0 aliphatic heterocycles. The summed E-state index contributed by atoms with van der Waals surface area (Å²) in [6.07, 6.45) is 45.5. The minimum absolute atomic E-state index is 0.0732. The highest BCUT2D eigenvalue weighted by molar-refractivity contribution is 5.77. The zero-order valence-corrected chi connectivity index (χ0v) is 36.4. The molecule has 320 valence electrons. The maximum Gasteiger partial charge on any atom is 0.306 e. The van der Waals surface area contributed by atoms with Crippen LogP contribution in [-0.4, -0.2) is 46.9 Å². The van der Waals surface area contributed by atoms with Gasteiger partial charge in [-0.2, -0.15) is 0 Å². The molecular formula is C48H93NO5. The van der Waals surface area contributed by atoms with E-state index in [-0.39, 0.29) is 24.9 Å². The minimum Gasteiger partial charge on any atom is -0.462 e. The van der Waals surface area contributed by atoms with E-state index in [0.717, 1.165) is 57.8 Å². The summed E-state index contributed by atoms with van der Waals surface area (Å²) in [6.45, 7) is 6.46. The number of nitrogens with one attached hydrogen (secondary N) is 1. The van der Waals surface area contributed by atoms with Crippen LogP contribution < -0.4 is 5.32 Å². The van der Waals surface area contributed by atoms with Crippen LogP contribution in [0.5, 0.6) is 0 Å². The van der Waals surface area contributed by atoms with Crippen LogP contribution in [0.3, 0.4) is 0 Å². The Bertz CT molecular complexity index is 817. The van der Waals surface area contributed by atoms with Gasteiger partial charge in [-0.25, -0.2) is 0 Å². The van der Waals surface area contributed by atoms with E-state index in [1.807, 2.05) is 0 Å². The smallest absolute Gasteiger partial charge is 0.306 e. The number of allylic oxidation sites excluding steroid dienone is 2. The Morgan fingerprint density at radius 2 is 0.889 bits per heavy atom. The van der Waals surface area contributed by atoms with Gasteiger partial charge in [0.25, 0.3) is 0 Å². The third-order valence-corrected chi connectivity index (χ3v) is 11.1. The molecule has 0 aromatic carbocycles. The van der Waals surface area contributed by atoms with Crippen molar-refractivity contribution in [3.05, 3.63) is 12.2 Å². The Morgan fingerprint density at radius 3 is 1.33 bits per heavy atom. The predicted molar refractivity (Wildman–Crippen MR) is 232 cm³/mol. The maximum absolute atomic E-state index is 13.1. The summed E-state index contributed by atoms with van der Waals surface area (Å²) in [5, 5.41) is 23.6. The molecule has 1 amide bonds. The van der Waals surface area contributed by atoms with Gasteiger partial charge in [-0.05, 0) is 51.4 Å². The van der Waals surface area contributed by atoms with Crippen molar-refractivity contribution in [3.8, 4) is 0 Å². The highest BCUT2D eigenvalue weighted by atomic mass is 16.5. The number of aliphatic hydroxyl groups is 2. The number of amides is 1. The fraction of sp³-hybridized carbons (Fsp3) is 0.917. The molecule has 0 bridgehead atoms. The van der Waals surface area contributed by atoms with E-state index >= 15 is 0 Å². The molecule has 0 spiro atoms. The lowest BCUT2D eigenvalue weighted by molar-refractivity contribution is -0.151. The summed E-state index contributed by atoms with van der Waals surface area (Å²) < 4.78 is 5.90. The van der Waals surface area contributed by atoms with E-state index in [0.29, 0.717) is 19.3 Å². The molecule has 3 N–H and O–H groups in total. The van der Waals surface area contributed by atoms with Gasteiger partial charge >= 0.3 is 5.97 Å². The first-order valence-electron chi connectivity index (χ1n) is 23.9. The van der Waals surface area contributed by atoms with Gasteiger partial charge in [-0.1, -0.05) is 206 Å². The van der Waals surface area contributed by atoms with Crippen molar-refractivity contribution in [2.75, 3.05) is 6.61 Å². The largest absolute Gasteiger partial charge is 0.462 e. The number of carbonyl (C=O) groups is 2. The molecule has 0 saturated carbocycles. The lowest BCUT2D eigenvalue weighted by Crippen LogP contribution is -2.46. The Labute approximate surface area is 336 Å². The number of hydrogen-bond donors (Lipinski definition) is 3. The van der Waals surface area contributed by atoms with Gasteiger partial charge in [0.2, 0.25) is 5.91 Å². The molecule has 6 heteroatoms. The van der Waals surface area contributed by atoms with E-state index in [4.69, 9.17) is 4.74 Å². The lowest BCUT2D eigenvalue weighted by Gasteiger charge is -2.24. The number of unbranched alkanes of at least 4 members (excludes halogenated alkanes) is 29. The van der Waals surface area contributed by atoms with Gasteiger partial charge in [-0.3, -0.25) is 9.59 Å². The standard InChI is InChI=1S/C48H93NO5/c1-4-7-10-13-16-19-22-23-24-26-27-30-33-36-39-44(54-48(53)41-38-35-32-29-25-20-17-14-11-8-5-2)42-47(52)49-45(43-50)46(51)40-37-34-31-28-21-18-15-12-9-6-3/h24,26,44-46,50-51H,4-23,25,27-43H2,1-3H3,(H,49,52)/b26-24+. The SMILES string of the molecule is CCCCCCCCC/C=C/CCCCCC(CC(=O)NC(CO)C(O)CCCCCCCCCCCC)OC(=O)CCCCCCCCCCCCC.